The zero-order chi connectivity index (χ0) is 9.07. The molecule has 1 amide bonds. The van der Waals surface area contributed by atoms with Crippen molar-refractivity contribution in [3.8, 4) is 0 Å². The third-order valence-electron chi connectivity index (χ3n) is 0.704. The van der Waals surface area contributed by atoms with Gasteiger partial charge in [0, 0.05) is 12.6 Å². The Morgan fingerprint density at radius 2 is 2.00 bits per heavy atom. The normalized spacial score (nSPS) is 9.83. The minimum Gasteiger partial charge on any atom is -0.748 e. The average molecular weight is 201 g/mol. The van der Waals surface area contributed by atoms with Crippen molar-refractivity contribution in [2.45, 2.75) is 6.92 Å². The summed E-state index contributed by atoms with van der Waals surface area (Å²) in [4.78, 5) is 10.3. The van der Waals surface area contributed by atoms with Gasteiger partial charge < -0.3 is 9.87 Å². The Hall–Kier alpha value is 0.120. The molecule has 0 aliphatic heterocycles. The number of hydrogen-bond donors (Lipinski definition) is 1. The maximum atomic E-state index is 10.3. The molecule has 0 unspecified atom stereocenters. The zero-order valence-electron chi connectivity index (χ0n) is 6.96. The monoisotopic (exact) mass is 201 g/mol. The van der Waals surface area contributed by atoms with E-state index in [4.69, 9.17) is 0 Å². The van der Waals surface area contributed by atoms with Crippen LogP contribution in [0.1, 0.15) is 6.92 Å². The van der Waals surface area contributed by atoms with Crippen molar-refractivity contribution in [1.82, 2.24) is 5.32 Å². The van der Waals surface area contributed by atoms with E-state index in [1.807, 2.05) is 0 Å². The van der Waals surface area contributed by atoms with Crippen LogP contribution in [0.5, 0.6) is 0 Å². The fourth-order valence-corrected chi connectivity index (χ4v) is 0.997. The zero-order valence-corrected chi connectivity index (χ0v) is 9.77. The van der Waals surface area contributed by atoms with E-state index in [1.165, 1.54) is 6.92 Å². The molecule has 0 atom stereocenters. The third kappa shape index (κ3) is 10.1. The number of rotatable bonds is 3. The van der Waals surface area contributed by atoms with Crippen LogP contribution >= 0.6 is 0 Å². The van der Waals surface area contributed by atoms with Crippen molar-refractivity contribution in [2.24, 2.45) is 0 Å². The summed E-state index contributed by atoms with van der Waals surface area (Å²) in [5, 5.41) is 2.09. The van der Waals surface area contributed by atoms with E-state index in [-0.39, 0.29) is 35.3 Å². The van der Waals surface area contributed by atoms with Crippen LogP contribution in [0.15, 0.2) is 12.3 Å². The number of amides is 1. The van der Waals surface area contributed by atoms with Gasteiger partial charge in [0.05, 0.1) is 5.75 Å². The number of carbonyl (C=O) groups is 1. The molecule has 7 heteroatoms. The Labute approximate surface area is 93.3 Å². The molecule has 1 N–H and O–H groups in total. The van der Waals surface area contributed by atoms with Crippen LogP contribution in [0.3, 0.4) is 0 Å². The summed E-state index contributed by atoms with van der Waals surface area (Å²) in [6.45, 7) is 4.37. The van der Waals surface area contributed by atoms with E-state index in [0.29, 0.717) is 0 Å². The molecule has 12 heavy (non-hydrogen) atoms. The van der Waals surface area contributed by atoms with Crippen LogP contribution in [0, 0.1) is 0 Å². The van der Waals surface area contributed by atoms with Gasteiger partial charge in [-0.05, 0) is 0 Å². The molecule has 0 aliphatic carbocycles. The standard InChI is InChI=1S/C5H9NO4S.Na/c1-4(6-5(2)7)3-11(8,9)10;/h1,3H2,2H3,(H,6,7)(H,8,9,10);/q;+1/p-1. The van der Waals surface area contributed by atoms with Crippen molar-refractivity contribution in [3.63, 3.8) is 0 Å². The Balaban J connectivity index is 0. The quantitative estimate of drug-likeness (QED) is 0.374. The predicted molar refractivity (Wildman–Crippen MR) is 37.5 cm³/mol. The summed E-state index contributed by atoms with van der Waals surface area (Å²) < 4.78 is 30.2. The Morgan fingerprint density at radius 3 is 2.25 bits per heavy atom. The van der Waals surface area contributed by atoms with Crippen LogP contribution in [0.2, 0.25) is 0 Å². The van der Waals surface area contributed by atoms with Crippen molar-refractivity contribution in [3.05, 3.63) is 12.3 Å². The van der Waals surface area contributed by atoms with Gasteiger partial charge in [0.1, 0.15) is 10.1 Å². The summed E-state index contributed by atoms with van der Waals surface area (Å²) in [6.07, 6.45) is 0. The van der Waals surface area contributed by atoms with Crippen molar-refractivity contribution < 1.29 is 47.3 Å². The van der Waals surface area contributed by atoms with E-state index in [0.717, 1.165) is 0 Å². The first kappa shape index (κ1) is 14.6. The van der Waals surface area contributed by atoms with Crippen molar-refractivity contribution in [2.75, 3.05) is 5.75 Å². The van der Waals surface area contributed by atoms with Gasteiger partial charge in [0.15, 0.2) is 0 Å². The largest absolute Gasteiger partial charge is 1.00 e. The molecule has 0 aromatic heterocycles. The van der Waals surface area contributed by atoms with Crippen molar-refractivity contribution >= 4 is 16.0 Å². The van der Waals surface area contributed by atoms with Gasteiger partial charge >= 0.3 is 29.6 Å². The first-order valence-corrected chi connectivity index (χ1v) is 4.28. The Morgan fingerprint density at radius 1 is 1.58 bits per heavy atom. The van der Waals surface area contributed by atoms with Gasteiger partial charge in [0.25, 0.3) is 0 Å². The Bertz CT molecular complexity index is 271. The second kappa shape index (κ2) is 5.71. The molecule has 0 radical (unpaired) electrons. The summed E-state index contributed by atoms with van der Waals surface area (Å²) in [6, 6.07) is 0. The van der Waals surface area contributed by atoms with Crippen molar-refractivity contribution in [1.29, 1.82) is 0 Å². The number of nitrogens with one attached hydrogen (secondary N) is 1. The summed E-state index contributed by atoms with van der Waals surface area (Å²) >= 11 is 0. The van der Waals surface area contributed by atoms with Crippen LogP contribution in [0.4, 0.5) is 0 Å². The summed E-state index contributed by atoms with van der Waals surface area (Å²) in [7, 11) is -4.33. The van der Waals surface area contributed by atoms with Gasteiger partial charge in [-0.2, -0.15) is 0 Å². The van der Waals surface area contributed by atoms with Gasteiger partial charge in [-0.3, -0.25) is 4.79 Å². The maximum absolute atomic E-state index is 10.3. The average Bonchev–Trinajstić information content (AvgIpc) is 1.53. The molecule has 0 saturated heterocycles. The molecular weight excluding hydrogens is 193 g/mol. The van der Waals surface area contributed by atoms with Crippen LogP contribution in [-0.4, -0.2) is 24.6 Å². The van der Waals surface area contributed by atoms with E-state index < -0.39 is 21.8 Å². The minimum atomic E-state index is -4.33. The third-order valence-corrected chi connectivity index (χ3v) is 1.41. The molecule has 0 aliphatic rings. The fourth-order valence-electron chi connectivity index (χ4n) is 0.498. The van der Waals surface area contributed by atoms with Gasteiger partial charge in [-0.1, -0.05) is 6.58 Å². The maximum Gasteiger partial charge on any atom is 1.00 e. The minimum absolute atomic E-state index is 0. The van der Waals surface area contributed by atoms with Gasteiger partial charge in [-0.15, -0.1) is 0 Å². The van der Waals surface area contributed by atoms with Crippen LogP contribution in [0.25, 0.3) is 0 Å². The smallest absolute Gasteiger partial charge is 0.748 e. The van der Waals surface area contributed by atoms with E-state index >= 15 is 0 Å². The second-order valence-electron chi connectivity index (χ2n) is 1.99. The molecule has 0 aromatic carbocycles. The second-order valence-corrected chi connectivity index (χ2v) is 3.39. The molecule has 0 bridgehead atoms. The summed E-state index contributed by atoms with van der Waals surface area (Å²) in [5.41, 5.74) is -0.104. The topological polar surface area (TPSA) is 86.3 Å². The molecule has 5 nitrogen and oxygen atoms in total. The molecule has 0 rings (SSSR count). The van der Waals surface area contributed by atoms with Gasteiger partial charge in [-0.25, -0.2) is 8.42 Å². The summed E-state index contributed by atoms with van der Waals surface area (Å²) in [5.74, 6) is -1.20. The molecule has 0 spiro atoms. The van der Waals surface area contributed by atoms with Crippen LogP contribution in [-0.2, 0) is 14.9 Å². The molecule has 0 fully saturated rings. The Kier molecular flexibility index (Phi) is 6.97. The van der Waals surface area contributed by atoms with E-state index in [9.17, 15) is 17.8 Å². The molecule has 64 valence electrons. The first-order chi connectivity index (χ1) is 4.81. The fraction of sp³-hybridized carbons (Fsp3) is 0.400. The van der Waals surface area contributed by atoms with E-state index in [2.05, 4.69) is 11.9 Å². The SMILES string of the molecule is C=C(CS(=O)(=O)[O-])NC(C)=O.[Na+]. The molecule has 0 aromatic rings. The number of hydrogen-bond acceptors (Lipinski definition) is 4. The van der Waals surface area contributed by atoms with Crippen LogP contribution < -0.4 is 34.9 Å². The molecule has 0 heterocycles. The predicted octanol–water partition coefficient (Wildman–Crippen LogP) is -3.81. The van der Waals surface area contributed by atoms with Gasteiger partial charge in [0.2, 0.25) is 5.91 Å². The molecular formula is C5H8NNaO4S. The van der Waals surface area contributed by atoms with E-state index in [1.54, 1.807) is 0 Å². The number of carbonyl (C=O) groups excluding carboxylic acids is 1. The molecule has 0 saturated carbocycles. The first-order valence-electron chi connectivity index (χ1n) is 2.70.